The highest BCUT2D eigenvalue weighted by Crippen LogP contribution is 2.17. The van der Waals surface area contributed by atoms with Gasteiger partial charge in [0.05, 0.1) is 11.4 Å². The van der Waals surface area contributed by atoms with Crippen LogP contribution in [0.3, 0.4) is 0 Å². The maximum Gasteiger partial charge on any atom is 0.151 e. The Kier molecular flexibility index (Phi) is 3.76. The summed E-state index contributed by atoms with van der Waals surface area (Å²) in [4.78, 5) is 3.93. The first kappa shape index (κ1) is 12.1. The van der Waals surface area contributed by atoms with E-state index in [1.165, 1.54) is 6.26 Å². The maximum absolute atomic E-state index is 10.9. The van der Waals surface area contributed by atoms with Crippen LogP contribution in [0.2, 0.25) is 5.15 Å². The predicted octanol–water partition coefficient (Wildman–Crippen LogP) is 0.774. The SMILES string of the molecule is CS(=O)(=O)CCNc1nc(Cl)ccc1N. The summed E-state index contributed by atoms with van der Waals surface area (Å²) in [6.45, 7) is 0.260. The Morgan fingerprint density at radius 2 is 2.20 bits per heavy atom. The van der Waals surface area contributed by atoms with Crippen molar-refractivity contribution >= 4 is 32.9 Å². The molecule has 0 bridgehead atoms. The van der Waals surface area contributed by atoms with E-state index in [4.69, 9.17) is 17.3 Å². The number of anilines is 2. The molecule has 84 valence electrons. The molecule has 0 aliphatic rings. The first-order valence-electron chi connectivity index (χ1n) is 4.22. The summed E-state index contributed by atoms with van der Waals surface area (Å²) >= 11 is 5.66. The first-order valence-corrected chi connectivity index (χ1v) is 6.66. The molecule has 0 aliphatic heterocycles. The molecule has 1 rings (SSSR count). The van der Waals surface area contributed by atoms with Gasteiger partial charge in [-0.25, -0.2) is 13.4 Å². The van der Waals surface area contributed by atoms with Crippen molar-refractivity contribution in [2.24, 2.45) is 0 Å². The smallest absolute Gasteiger partial charge is 0.151 e. The molecule has 0 aliphatic carbocycles. The third-order valence-corrected chi connectivity index (χ3v) is 2.81. The molecule has 0 amide bonds. The van der Waals surface area contributed by atoms with E-state index in [0.717, 1.165) is 0 Å². The number of halogens is 1. The maximum atomic E-state index is 10.9. The number of nitrogens with zero attached hydrogens (tertiary/aromatic N) is 1. The average molecular weight is 250 g/mol. The Morgan fingerprint density at radius 1 is 1.53 bits per heavy atom. The Morgan fingerprint density at radius 3 is 2.80 bits per heavy atom. The third-order valence-electron chi connectivity index (χ3n) is 1.66. The number of hydrogen-bond acceptors (Lipinski definition) is 5. The van der Waals surface area contributed by atoms with Gasteiger partial charge in [-0.1, -0.05) is 11.6 Å². The van der Waals surface area contributed by atoms with Crippen LogP contribution in [-0.4, -0.2) is 32.0 Å². The molecule has 0 fully saturated rings. The highest BCUT2D eigenvalue weighted by molar-refractivity contribution is 7.90. The summed E-state index contributed by atoms with van der Waals surface area (Å²) in [5.74, 6) is 0.437. The van der Waals surface area contributed by atoms with E-state index in [1.54, 1.807) is 12.1 Å². The van der Waals surface area contributed by atoms with E-state index < -0.39 is 9.84 Å². The van der Waals surface area contributed by atoms with Crippen molar-refractivity contribution < 1.29 is 8.42 Å². The van der Waals surface area contributed by atoms with Crippen molar-refractivity contribution in [2.75, 3.05) is 29.6 Å². The minimum absolute atomic E-state index is 0.0284. The van der Waals surface area contributed by atoms with Crippen LogP contribution in [0.4, 0.5) is 11.5 Å². The fraction of sp³-hybridized carbons (Fsp3) is 0.375. The molecule has 0 atom stereocenters. The topological polar surface area (TPSA) is 85.1 Å². The van der Waals surface area contributed by atoms with Crippen LogP contribution in [0.1, 0.15) is 0 Å². The number of nitrogens with two attached hydrogens (primary N) is 1. The number of nitrogen functional groups attached to an aromatic ring is 1. The second-order valence-electron chi connectivity index (χ2n) is 3.13. The molecule has 0 saturated carbocycles. The van der Waals surface area contributed by atoms with Gasteiger partial charge < -0.3 is 11.1 Å². The minimum Gasteiger partial charge on any atom is -0.396 e. The number of rotatable bonds is 4. The van der Waals surface area contributed by atoms with Crippen molar-refractivity contribution in [2.45, 2.75) is 0 Å². The summed E-state index contributed by atoms with van der Waals surface area (Å²) in [6, 6.07) is 3.18. The van der Waals surface area contributed by atoms with E-state index in [-0.39, 0.29) is 12.3 Å². The normalized spacial score (nSPS) is 11.3. The van der Waals surface area contributed by atoms with Crippen LogP contribution >= 0.6 is 11.6 Å². The van der Waals surface area contributed by atoms with Crippen molar-refractivity contribution in [3.05, 3.63) is 17.3 Å². The summed E-state index contributed by atoms with van der Waals surface area (Å²) in [7, 11) is -2.98. The van der Waals surface area contributed by atoms with E-state index in [2.05, 4.69) is 10.3 Å². The molecule has 15 heavy (non-hydrogen) atoms. The second kappa shape index (κ2) is 4.67. The van der Waals surface area contributed by atoms with Gasteiger partial charge in [0.1, 0.15) is 15.0 Å². The number of hydrogen-bond donors (Lipinski definition) is 2. The summed E-state index contributed by atoms with van der Waals surface area (Å²) < 4.78 is 21.7. The van der Waals surface area contributed by atoms with Crippen LogP contribution < -0.4 is 11.1 Å². The van der Waals surface area contributed by atoms with Gasteiger partial charge in [0.2, 0.25) is 0 Å². The molecule has 5 nitrogen and oxygen atoms in total. The van der Waals surface area contributed by atoms with Crippen molar-refractivity contribution in [1.82, 2.24) is 4.98 Å². The zero-order chi connectivity index (χ0) is 11.5. The summed E-state index contributed by atoms with van der Waals surface area (Å²) in [5, 5.41) is 3.12. The zero-order valence-corrected chi connectivity index (χ0v) is 9.77. The Labute approximate surface area is 93.6 Å². The van der Waals surface area contributed by atoms with E-state index in [1.807, 2.05) is 0 Å². The molecule has 0 spiro atoms. The van der Waals surface area contributed by atoms with Crippen molar-refractivity contribution in [1.29, 1.82) is 0 Å². The molecule has 0 radical (unpaired) electrons. The largest absolute Gasteiger partial charge is 0.396 e. The monoisotopic (exact) mass is 249 g/mol. The highest BCUT2D eigenvalue weighted by Gasteiger charge is 2.04. The lowest BCUT2D eigenvalue weighted by Crippen LogP contribution is -2.15. The fourth-order valence-corrected chi connectivity index (χ4v) is 1.56. The van der Waals surface area contributed by atoms with Crippen molar-refractivity contribution in [3.8, 4) is 0 Å². The quantitative estimate of drug-likeness (QED) is 0.770. The van der Waals surface area contributed by atoms with Crippen LogP contribution in [0.15, 0.2) is 12.1 Å². The lowest BCUT2D eigenvalue weighted by molar-refractivity contribution is 0.602. The molecule has 1 aromatic rings. The number of aromatic nitrogens is 1. The van der Waals surface area contributed by atoms with Gasteiger partial charge in [-0.15, -0.1) is 0 Å². The third kappa shape index (κ3) is 4.35. The van der Waals surface area contributed by atoms with E-state index in [9.17, 15) is 8.42 Å². The molecule has 3 N–H and O–H groups in total. The molecular weight excluding hydrogens is 238 g/mol. The first-order chi connectivity index (χ1) is 6.88. The molecular formula is C8H12ClN3O2S. The van der Waals surface area contributed by atoms with Gasteiger partial charge in [0.15, 0.2) is 5.82 Å². The van der Waals surface area contributed by atoms with E-state index >= 15 is 0 Å². The minimum atomic E-state index is -2.98. The lowest BCUT2D eigenvalue weighted by Gasteiger charge is -2.07. The van der Waals surface area contributed by atoms with Crippen LogP contribution in [0.5, 0.6) is 0 Å². The molecule has 0 aromatic carbocycles. The van der Waals surface area contributed by atoms with E-state index in [0.29, 0.717) is 16.7 Å². The fourth-order valence-electron chi connectivity index (χ4n) is 0.943. The van der Waals surface area contributed by atoms with Gasteiger partial charge in [-0.3, -0.25) is 0 Å². The Balaban J connectivity index is 2.61. The summed E-state index contributed by atoms with van der Waals surface area (Å²) in [6.07, 6.45) is 1.17. The van der Waals surface area contributed by atoms with Crippen molar-refractivity contribution in [3.63, 3.8) is 0 Å². The van der Waals surface area contributed by atoms with Crippen LogP contribution in [-0.2, 0) is 9.84 Å². The van der Waals surface area contributed by atoms with Gasteiger partial charge in [-0.2, -0.15) is 0 Å². The Bertz CT molecular complexity index is 447. The predicted molar refractivity (Wildman–Crippen MR) is 61.9 cm³/mol. The second-order valence-corrected chi connectivity index (χ2v) is 5.78. The highest BCUT2D eigenvalue weighted by atomic mass is 35.5. The average Bonchev–Trinajstić information content (AvgIpc) is 2.09. The molecule has 1 aromatic heterocycles. The van der Waals surface area contributed by atoms with Gasteiger partial charge in [0, 0.05) is 12.8 Å². The van der Waals surface area contributed by atoms with Gasteiger partial charge in [0.25, 0.3) is 0 Å². The lowest BCUT2D eigenvalue weighted by atomic mass is 10.4. The molecule has 7 heteroatoms. The Hall–Kier alpha value is -1.01. The van der Waals surface area contributed by atoms with Crippen LogP contribution in [0.25, 0.3) is 0 Å². The summed E-state index contributed by atoms with van der Waals surface area (Å²) in [5.41, 5.74) is 6.04. The molecule has 0 saturated heterocycles. The zero-order valence-electron chi connectivity index (χ0n) is 8.20. The number of nitrogens with one attached hydrogen (secondary N) is 1. The standard InChI is InChI=1S/C8H12ClN3O2S/c1-15(13,14)5-4-11-8-6(10)2-3-7(9)12-8/h2-3H,4-5,10H2,1H3,(H,11,12). The number of sulfone groups is 1. The number of pyridine rings is 1. The molecule has 1 heterocycles. The van der Waals surface area contributed by atoms with Gasteiger partial charge >= 0.3 is 0 Å². The molecule has 0 unspecified atom stereocenters. The van der Waals surface area contributed by atoms with Crippen LogP contribution in [0, 0.1) is 0 Å². The van der Waals surface area contributed by atoms with Gasteiger partial charge in [-0.05, 0) is 12.1 Å².